The molecule has 0 aliphatic carbocycles. The zero-order valence-corrected chi connectivity index (χ0v) is 12.9. The summed E-state index contributed by atoms with van der Waals surface area (Å²) in [6.07, 6.45) is 1.46. The number of nitrogens with one attached hydrogen (secondary N) is 2. The third-order valence-corrected chi connectivity index (χ3v) is 4.42. The van der Waals surface area contributed by atoms with Crippen molar-refractivity contribution in [1.29, 1.82) is 5.26 Å². The zero-order valence-electron chi connectivity index (χ0n) is 12.1. The molecule has 1 aromatic heterocycles. The van der Waals surface area contributed by atoms with E-state index >= 15 is 0 Å². The summed E-state index contributed by atoms with van der Waals surface area (Å²) in [5.41, 5.74) is 1.48. The van der Waals surface area contributed by atoms with E-state index in [0.29, 0.717) is 17.9 Å². The second-order valence-electron chi connectivity index (χ2n) is 4.68. The molecular formula is C15H16N4O2S. The lowest BCUT2D eigenvalue weighted by Gasteiger charge is -2.08. The zero-order chi connectivity index (χ0) is 16.0. The highest BCUT2D eigenvalue weighted by molar-refractivity contribution is 7.89. The van der Waals surface area contributed by atoms with Crippen LogP contribution in [0.5, 0.6) is 0 Å². The van der Waals surface area contributed by atoms with E-state index in [1.165, 1.54) is 6.20 Å². The number of benzene rings is 1. The fourth-order valence-electron chi connectivity index (χ4n) is 1.74. The molecule has 6 nitrogen and oxygen atoms in total. The molecular weight excluding hydrogens is 300 g/mol. The quantitative estimate of drug-likeness (QED) is 0.790. The summed E-state index contributed by atoms with van der Waals surface area (Å²) < 4.78 is 26.6. The third-order valence-electron chi connectivity index (χ3n) is 2.95. The predicted octanol–water partition coefficient (Wildman–Crippen LogP) is 1.65. The van der Waals surface area contributed by atoms with Crippen molar-refractivity contribution in [2.24, 2.45) is 0 Å². The van der Waals surface area contributed by atoms with Gasteiger partial charge in [0.2, 0.25) is 10.0 Å². The van der Waals surface area contributed by atoms with E-state index in [2.05, 4.69) is 15.0 Å². The molecule has 114 valence electrons. The van der Waals surface area contributed by atoms with Gasteiger partial charge >= 0.3 is 0 Å². The molecule has 0 bridgehead atoms. The Morgan fingerprint density at radius 3 is 2.45 bits per heavy atom. The van der Waals surface area contributed by atoms with Gasteiger partial charge < -0.3 is 5.32 Å². The average molecular weight is 316 g/mol. The van der Waals surface area contributed by atoms with Crippen molar-refractivity contribution in [2.45, 2.75) is 11.8 Å². The van der Waals surface area contributed by atoms with Gasteiger partial charge in [-0.2, -0.15) is 5.26 Å². The van der Waals surface area contributed by atoms with E-state index in [1.54, 1.807) is 36.4 Å². The van der Waals surface area contributed by atoms with E-state index in [9.17, 15) is 8.42 Å². The number of pyridine rings is 1. The van der Waals surface area contributed by atoms with Gasteiger partial charge in [-0.15, -0.1) is 0 Å². The molecule has 0 saturated heterocycles. The molecule has 0 spiro atoms. The summed E-state index contributed by atoms with van der Waals surface area (Å²) >= 11 is 0. The lowest BCUT2D eigenvalue weighted by atomic mass is 10.2. The van der Waals surface area contributed by atoms with Crippen LogP contribution in [0.15, 0.2) is 47.5 Å². The Bertz CT molecular complexity index is 763. The van der Waals surface area contributed by atoms with E-state index in [1.807, 2.05) is 13.0 Å². The fraction of sp³-hybridized carbons (Fsp3) is 0.200. The Labute approximate surface area is 129 Å². The molecule has 0 amide bonds. The molecule has 0 saturated carbocycles. The van der Waals surface area contributed by atoms with Gasteiger partial charge in [-0.3, -0.25) is 0 Å². The van der Waals surface area contributed by atoms with Crippen molar-refractivity contribution >= 4 is 15.8 Å². The number of aryl methyl sites for hydroxylation is 1. The average Bonchev–Trinajstić information content (AvgIpc) is 2.52. The number of hydrogen-bond donors (Lipinski definition) is 2. The van der Waals surface area contributed by atoms with Gasteiger partial charge in [0.25, 0.3) is 0 Å². The molecule has 1 heterocycles. The van der Waals surface area contributed by atoms with Crippen molar-refractivity contribution in [3.05, 3.63) is 53.7 Å². The number of nitrogens with zero attached hydrogens (tertiary/aromatic N) is 2. The molecule has 0 aliphatic rings. The van der Waals surface area contributed by atoms with Crippen LogP contribution >= 0.6 is 0 Å². The smallest absolute Gasteiger partial charge is 0.240 e. The first-order chi connectivity index (χ1) is 10.5. The van der Waals surface area contributed by atoms with Gasteiger partial charge in [0.05, 0.1) is 10.5 Å². The van der Waals surface area contributed by atoms with E-state index in [0.717, 1.165) is 5.56 Å². The van der Waals surface area contributed by atoms with Crippen LogP contribution in [-0.4, -0.2) is 26.5 Å². The molecule has 0 radical (unpaired) electrons. The van der Waals surface area contributed by atoms with Crippen molar-refractivity contribution in [3.63, 3.8) is 0 Å². The van der Waals surface area contributed by atoms with Crippen LogP contribution in [0.2, 0.25) is 0 Å². The summed E-state index contributed by atoms with van der Waals surface area (Å²) in [5.74, 6) is 0.591. The maximum atomic E-state index is 12.0. The number of anilines is 1. The fourth-order valence-corrected chi connectivity index (χ4v) is 2.77. The highest BCUT2D eigenvalue weighted by Crippen LogP contribution is 2.09. The lowest BCUT2D eigenvalue weighted by molar-refractivity contribution is 0.583. The predicted molar refractivity (Wildman–Crippen MR) is 83.8 cm³/mol. The first kappa shape index (κ1) is 15.9. The Balaban J connectivity index is 1.85. The van der Waals surface area contributed by atoms with Crippen molar-refractivity contribution in [2.75, 3.05) is 18.4 Å². The van der Waals surface area contributed by atoms with Gasteiger partial charge in [0, 0.05) is 19.3 Å². The van der Waals surface area contributed by atoms with Crippen LogP contribution in [0.3, 0.4) is 0 Å². The number of nitriles is 1. The molecule has 0 atom stereocenters. The Morgan fingerprint density at radius 2 is 1.86 bits per heavy atom. The Morgan fingerprint density at radius 1 is 1.14 bits per heavy atom. The van der Waals surface area contributed by atoms with Crippen molar-refractivity contribution in [1.82, 2.24) is 9.71 Å². The Hall–Kier alpha value is -2.43. The molecule has 1 aromatic carbocycles. The minimum absolute atomic E-state index is 0.234. The highest BCUT2D eigenvalue weighted by atomic mass is 32.2. The normalized spacial score (nSPS) is 10.9. The van der Waals surface area contributed by atoms with Crippen LogP contribution in [0.25, 0.3) is 0 Å². The molecule has 0 unspecified atom stereocenters. The van der Waals surface area contributed by atoms with Crippen molar-refractivity contribution in [3.8, 4) is 6.07 Å². The van der Waals surface area contributed by atoms with Crippen LogP contribution < -0.4 is 10.0 Å². The SMILES string of the molecule is Cc1ccc(S(=O)(=O)NCCNc2ccc(C#N)cn2)cc1. The number of sulfonamides is 1. The lowest BCUT2D eigenvalue weighted by Crippen LogP contribution is -2.29. The molecule has 2 aromatic rings. The number of rotatable bonds is 6. The largest absolute Gasteiger partial charge is 0.369 e. The van der Waals surface area contributed by atoms with Gasteiger partial charge in [0.1, 0.15) is 11.9 Å². The van der Waals surface area contributed by atoms with E-state index < -0.39 is 10.0 Å². The van der Waals surface area contributed by atoms with Gasteiger partial charge in [-0.25, -0.2) is 18.1 Å². The van der Waals surface area contributed by atoms with Crippen LogP contribution in [-0.2, 0) is 10.0 Å². The molecule has 7 heteroatoms. The maximum Gasteiger partial charge on any atom is 0.240 e. The number of hydrogen-bond acceptors (Lipinski definition) is 5. The Kier molecular flexibility index (Phi) is 5.09. The van der Waals surface area contributed by atoms with E-state index in [4.69, 9.17) is 5.26 Å². The van der Waals surface area contributed by atoms with Crippen LogP contribution in [0.1, 0.15) is 11.1 Å². The number of aromatic nitrogens is 1. The summed E-state index contributed by atoms with van der Waals surface area (Å²) in [4.78, 5) is 4.29. The summed E-state index contributed by atoms with van der Waals surface area (Å²) in [5, 5.41) is 11.7. The second kappa shape index (κ2) is 7.02. The summed E-state index contributed by atoms with van der Waals surface area (Å²) in [6, 6.07) is 12.0. The van der Waals surface area contributed by atoms with Gasteiger partial charge in [-0.05, 0) is 31.2 Å². The molecule has 0 aliphatic heterocycles. The standard InChI is InChI=1S/C15H16N4O2S/c1-12-2-5-14(6-3-12)22(20,21)19-9-8-17-15-7-4-13(10-16)11-18-15/h2-7,11,19H,8-9H2,1H3,(H,17,18). The van der Waals surface area contributed by atoms with Crippen LogP contribution in [0.4, 0.5) is 5.82 Å². The van der Waals surface area contributed by atoms with Gasteiger partial charge in [-0.1, -0.05) is 17.7 Å². The van der Waals surface area contributed by atoms with Crippen LogP contribution in [0, 0.1) is 18.3 Å². The molecule has 22 heavy (non-hydrogen) atoms. The summed E-state index contributed by atoms with van der Waals surface area (Å²) in [7, 11) is -3.50. The topological polar surface area (TPSA) is 94.9 Å². The van der Waals surface area contributed by atoms with E-state index in [-0.39, 0.29) is 11.4 Å². The monoisotopic (exact) mass is 316 g/mol. The molecule has 0 fully saturated rings. The third kappa shape index (κ3) is 4.28. The first-order valence-electron chi connectivity index (χ1n) is 6.67. The molecule has 2 rings (SSSR count). The van der Waals surface area contributed by atoms with Crippen molar-refractivity contribution < 1.29 is 8.42 Å². The highest BCUT2D eigenvalue weighted by Gasteiger charge is 2.12. The second-order valence-corrected chi connectivity index (χ2v) is 6.45. The van der Waals surface area contributed by atoms with Gasteiger partial charge in [0.15, 0.2) is 0 Å². The minimum atomic E-state index is -3.50. The minimum Gasteiger partial charge on any atom is -0.369 e. The summed E-state index contributed by atoms with van der Waals surface area (Å²) in [6.45, 7) is 2.53. The maximum absolute atomic E-state index is 12.0. The first-order valence-corrected chi connectivity index (χ1v) is 8.16. The molecule has 2 N–H and O–H groups in total.